The number of aromatic hydroxyl groups is 1. The molecule has 0 bridgehead atoms. The molecule has 0 unspecified atom stereocenters. The highest BCUT2D eigenvalue weighted by molar-refractivity contribution is 7.10. The second-order valence-electron chi connectivity index (χ2n) is 4.06. The summed E-state index contributed by atoms with van der Waals surface area (Å²) >= 11 is 1.42. The van der Waals surface area contributed by atoms with Gasteiger partial charge in [0.05, 0.1) is 12.1 Å². The summed E-state index contributed by atoms with van der Waals surface area (Å²) in [7, 11) is 0. The van der Waals surface area contributed by atoms with Crippen LogP contribution in [0, 0.1) is 17.7 Å². The molecule has 108 valence electrons. The van der Waals surface area contributed by atoms with Crippen LogP contribution in [0.4, 0.5) is 4.39 Å². The van der Waals surface area contributed by atoms with E-state index >= 15 is 0 Å². The molecule has 1 aromatic heterocycles. The van der Waals surface area contributed by atoms with Gasteiger partial charge in [-0.25, -0.2) is 4.39 Å². The zero-order valence-corrected chi connectivity index (χ0v) is 11.7. The number of hydrogen-bond acceptors (Lipinski definition) is 4. The minimum Gasteiger partial charge on any atom is -0.507 e. The largest absolute Gasteiger partial charge is 0.507 e. The van der Waals surface area contributed by atoms with Gasteiger partial charge in [-0.15, -0.1) is 11.3 Å². The maximum Gasteiger partial charge on any atom is 0.255 e. The van der Waals surface area contributed by atoms with Gasteiger partial charge in [0, 0.05) is 16.5 Å². The van der Waals surface area contributed by atoms with Crippen molar-refractivity contribution in [1.82, 2.24) is 5.32 Å². The third-order valence-corrected chi connectivity index (χ3v) is 3.58. The Kier molecular flexibility index (Phi) is 4.93. The number of benzene rings is 1. The monoisotopic (exact) mass is 305 g/mol. The second-order valence-corrected chi connectivity index (χ2v) is 5.06. The van der Waals surface area contributed by atoms with Gasteiger partial charge in [-0.2, -0.15) is 0 Å². The van der Waals surface area contributed by atoms with Crippen molar-refractivity contribution in [3.05, 3.63) is 51.5 Å². The van der Waals surface area contributed by atoms with Gasteiger partial charge in [0.15, 0.2) is 0 Å². The molecule has 3 N–H and O–H groups in total. The predicted octanol–water partition coefficient (Wildman–Crippen LogP) is 1.87. The molecule has 0 atom stereocenters. The maximum atomic E-state index is 12.9. The Morgan fingerprint density at radius 3 is 2.90 bits per heavy atom. The smallest absolute Gasteiger partial charge is 0.255 e. The summed E-state index contributed by atoms with van der Waals surface area (Å²) in [6, 6.07) is 5.02. The lowest BCUT2D eigenvalue weighted by molar-refractivity contribution is 0.0948. The molecule has 6 heteroatoms. The minimum atomic E-state index is -0.608. The van der Waals surface area contributed by atoms with Gasteiger partial charge in [-0.3, -0.25) is 4.79 Å². The summed E-state index contributed by atoms with van der Waals surface area (Å²) < 4.78 is 12.9. The van der Waals surface area contributed by atoms with Crippen molar-refractivity contribution in [2.45, 2.75) is 6.54 Å². The van der Waals surface area contributed by atoms with Crippen molar-refractivity contribution in [1.29, 1.82) is 0 Å². The average Bonchev–Trinajstić information content (AvgIpc) is 2.90. The molecule has 0 saturated carbocycles. The van der Waals surface area contributed by atoms with Crippen LogP contribution in [0.15, 0.2) is 29.6 Å². The normalized spacial score (nSPS) is 9.81. The lowest BCUT2D eigenvalue weighted by atomic mass is 10.2. The van der Waals surface area contributed by atoms with Crippen molar-refractivity contribution in [2.75, 3.05) is 6.61 Å². The van der Waals surface area contributed by atoms with Crippen LogP contribution < -0.4 is 5.32 Å². The number of halogens is 1. The third kappa shape index (κ3) is 3.81. The van der Waals surface area contributed by atoms with Gasteiger partial charge in [-0.05, 0) is 23.6 Å². The Morgan fingerprint density at radius 1 is 1.38 bits per heavy atom. The molecular weight excluding hydrogens is 293 g/mol. The Bertz CT molecular complexity index is 715. The second kappa shape index (κ2) is 6.88. The number of hydrogen-bond donors (Lipinski definition) is 3. The molecule has 1 heterocycles. The molecule has 2 aromatic rings. The fraction of sp³-hybridized carbons (Fsp3) is 0.133. The zero-order chi connectivity index (χ0) is 15.2. The molecule has 0 spiro atoms. The molecule has 0 fully saturated rings. The van der Waals surface area contributed by atoms with Gasteiger partial charge in [0.25, 0.3) is 5.91 Å². The van der Waals surface area contributed by atoms with Crippen LogP contribution in [0.5, 0.6) is 5.75 Å². The summed E-state index contributed by atoms with van der Waals surface area (Å²) in [5.41, 5.74) is 0.744. The van der Waals surface area contributed by atoms with Crippen LogP contribution in [0.3, 0.4) is 0 Å². The number of phenolic OH excluding ortho intramolecular Hbond substituents is 1. The van der Waals surface area contributed by atoms with Crippen LogP contribution in [-0.4, -0.2) is 22.7 Å². The van der Waals surface area contributed by atoms with Gasteiger partial charge >= 0.3 is 0 Å². The highest BCUT2D eigenvalue weighted by Crippen LogP contribution is 2.19. The first kappa shape index (κ1) is 15.0. The number of thiophene rings is 1. The number of aliphatic hydroxyl groups is 1. The van der Waals surface area contributed by atoms with E-state index in [0.717, 1.165) is 22.6 Å². The van der Waals surface area contributed by atoms with E-state index in [2.05, 4.69) is 17.2 Å². The Hall–Kier alpha value is -2.36. The molecule has 0 aliphatic carbocycles. The molecular formula is C15H12FNO3S. The van der Waals surface area contributed by atoms with Gasteiger partial charge in [0.2, 0.25) is 0 Å². The first-order chi connectivity index (χ1) is 10.1. The van der Waals surface area contributed by atoms with Gasteiger partial charge < -0.3 is 15.5 Å². The first-order valence-electron chi connectivity index (χ1n) is 6.04. The number of amides is 1. The van der Waals surface area contributed by atoms with Crippen LogP contribution in [0.25, 0.3) is 0 Å². The summed E-state index contributed by atoms with van der Waals surface area (Å²) in [5, 5.41) is 22.7. The fourth-order valence-corrected chi connectivity index (χ4v) is 2.45. The van der Waals surface area contributed by atoms with Crippen LogP contribution >= 0.6 is 11.3 Å². The van der Waals surface area contributed by atoms with E-state index < -0.39 is 17.5 Å². The van der Waals surface area contributed by atoms with E-state index in [1.807, 2.05) is 5.38 Å². The quantitative estimate of drug-likeness (QED) is 0.758. The van der Waals surface area contributed by atoms with Gasteiger partial charge in [0.1, 0.15) is 18.2 Å². The molecule has 2 rings (SSSR count). The molecule has 1 amide bonds. The SMILES string of the molecule is O=C(NCc1sccc1C#CCO)c1ccc(F)cc1O. The summed E-state index contributed by atoms with van der Waals surface area (Å²) in [6.45, 7) is 0.00779. The molecule has 0 aliphatic heterocycles. The molecule has 21 heavy (non-hydrogen) atoms. The topological polar surface area (TPSA) is 69.6 Å². The van der Waals surface area contributed by atoms with E-state index in [1.54, 1.807) is 6.07 Å². The standard InChI is InChI=1S/C15H12FNO3S/c16-11-3-4-12(13(19)8-11)15(20)17-9-14-10(2-1-6-18)5-7-21-14/h3-5,7-8,18-19H,6,9H2,(H,17,20). The number of carbonyl (C=O) groups excluding carboxylic acids is 1. The molecule has 0 radical (unpaired) electrons. The number of aliphatic hydroxyl groups excluding tert-OH is 1. The lowest BCUT2D eigenvalue weighted by Gasteiger charge is -2.06. The van der Waals surface area contributed by atoms with Crippen LogP contribution in [-0.2, 0) is 6.54 Å². The van der Waals surface area contributed by atoms with Gasteiger partial charge in [-0.1, -0.05) is 11.8 Å². The number of phenols is 1. The van der Waals surface area contributed by atoms with Crippen LogP contribution in [0.1, 0.15) is 20.8 Å². The van der Waals surface area contributed by atoms with Crippen molar-refractivity contribution in [3.8, 4) is 17.6 Å². The lowest BCUT2D eigenvalue weighted by Crippen LogP contribution is -2.22. The maximum absolute atomic E-state index is 12.9. The molecule has 0 aliphatic rings. The number of rotatable bonds is 3. The highest BCUT2D eigenvalue weighted by Gasteiger charge is 2.12. The molecule has 0 saturated heterocycles. The van der Waals surface area contributed by atoms with Crippen molar-refractivity contribution in [3.63, 3.8) is 0 Å². The van der Waals surface area contributed by atoms with E-state index in [4.69, 9.17) is 5.11 Å². The van der Waals surface area contributed by atoms with Crippen molar-refractivity contribution >= 4 is 17.2 Å². The Morgan fingerprint density at radius 2 is 2.19 bits per heavy atom. The third-order valence-electron chi connectivity index (χ3n) is 2.66. The average molecular weight is 305 g/mol. The summed E-state index contributed by atoms with van der Waals surface area (Å²) in [6.07, 6.45) is 0. The van der Waals surface area contributed by atoms with Crippen molar-refractivity contribution in [2.24, 2.45) is 0 Å². The first-order valence-corrected chi connectivity index (χ1v) is 6.92. The van der Waals surface area contributed by atoms with E-state index in [1.165, 1.54) is 17.4 Å². The predicted molar refractivity (Wildman–Crippen MR) is 77.5 cm³/mol. The van der Waals surface area contributed by atoms with Crippen LogP contribution in [0.2, 0.25) is 0 Å². The van der Waals surface area contributed by atoms with Crippen molar-refractivity contribution < 1.29 is 19.4 Å². The number of carbonyl (C=O) groups is 1. The fourth-order valence-electron chi connectivity index (χ4n) is 1.68. The molecule has 4 nitrogen and oxygen atoms in total. The Balaban J connectivity index is 2.06. The van der Waals surface area contributed by atoms with E-state index in [9.17, 15) is 14.3 Å². The minimum absolute atomic E-state index is 0.0101. The number of nitrogens with one attached hydrogen (secondary N) is 1. The molecule has 1 aromatic carbocycles. The highest BCUT2D eigenvalue weighted by atomic mass is 32.1. The summed E-state index contributed by atoms with van der Waals surface area (Å²) in [5.74, 6) is 3.82. The van der Waals surface area contributed by atoms with E-state index in [0.29, 0.717) is 0 Å². The zero-order valence-electron chi connectivity index (χ0n) is 10.9. The Labute approximate surface area is 124 Å². The van der Waals surface area contributed by atoms with E-state index in [-0.39, 0.29) is 18.7 Å². The summed E-state index contributed by atoms with van der Waals surface area (Å²) in [4.78, 5) is 12.8.